The van der Waals surface area contributed by atoms with Gasteiger partial charge in [0.1, 0.15) is 18.2 Å². The van der Waals surface area contributed by atoms with E-state index in [2.05, 4.69) is 0 Å². The Hall–Kier alpha value is -2.07. The number of halogens is 1. The summed E-state index contributed by atoms with van der Waals surface area (Å²) in [6.07, 6.45) is 0. The first-order chi connectivity index (χ1) is 9.22. The van der Waals surface area contributed by atoms with E-state index < -0.39 is 0 Å². The van der Waals surface area contributed by atoms with Gasteiger partial charge in [0.25, 0.3) is 0 Å². The highest BCUT2D eigenvalue weighted by Gasteiger charge is 2.05. The minimum Gasteiger partial charge on any atom is -0.488 e. The molecule has 19 heavy (non-hydrogen) atoms. The van der Waals surface area contributed by atoms with Crippen LogP contribution in [-0.4, -0.2) is 0 Å². The van der Waals surface area contributed by atoms with Crippen LogP contribution in [0.4, 0.5) is 10.1 Å². The summed E-state index contributed by atoms with van der Waals surface area (Å²) in [6.45, 7) is 0.419. The molecule has 0 aliphatic rings. The molecule has 2 nitrogen and oxygen atoms in total. The maximum absolute atomic E-state index is 13.0. The number of hydrogen-bond acceptors (Lipinski definition) is 3. The van der Waals surface area contributed by atoms with Crippen LogP contribution in [0.1, 0.15) is 4.88 Å². The number of nitrogen functional groups attached to an aromatic ring is 1. The molecule has 0 unspecified atom stereocenters. The minimum absolute atomic E-state index is 0.293. The molecule has 0 aliphatic carbocycles. The number of benzene rings is 2. The molecular weight excluding hydrogens is 261 g/mol. The summed E-state index contributed by atoms with van der Waals surface area (Å²) in [5.41, 5.74) is 6.68. The molecule has 96 valence electrons. The first-order valence-corrected chi connectivity index (χ1v) is 6.69. The van der Waals surface area contributed by atoms with Crippen molar-refractivity contribution >= 4 is 27.1 Å². The van der Waals surface area contributed by atoms with Gasteiger partial charge in [-0.2, -0.15) is 0 Å². The second kappa shape index (κ2) is 4.90. The van der Waals surface area contributed by atoms with Crippen molar-refractivity contribution < 1.29 is 9.13 Å². The van der Waals surface area contributed by atoms with E-state index >= 15 is 0 Å². The van der Waals surface area contributed by atoms with Gasteiger partial charge in [-0.25, -0.2) is 4.39 Å². The van der Waals surface area contributed by atoms with E-state index in [9.17, 15) is 4.39 Å². The normalized spacial score (nSPS) is 10.8. The van der Waals surface area contributed by atoms with E-state index in [-0.39, 0.29) is 5.82 Å². The Morgan fingerprint density at radius 1 is 1.11 bits per heavy atom. The Bertz CT molecular complexity index is 723. The Kier molecular flexibility index (Phi) is 3.09. The molecule has 0 saturated carbocycles. The largest absolute Gasteiger partial charge is 0.488 e. The van der Waals surface area contributed by atoms with E-state index in [1.807, 2.05) is 24.3 Å². The highest BCUT2D eigenvalue weighted by atomic mass is 32.1. The summed E-state index contributed by atoms with van der Waals surface area (Å²) in [4.78, 5) is 1.07. The number of hydrogen-bond donors (Lipinski definition) is 1. The summed E-state index contributed by atoms with van der Waals surface area (Å²) in [5, 5.41) is 1.05. The standard InChI is InChI=1S/C15H12FNOS/c16-10-3-1-4-11(7-10)18-9-12-8-13-14(17)5-2-6-15(13)19-12/h1-8H,9,17H2. The zero-order valence-corrected chi connectivity index (χ0v) is 10.9. The molecule has 0 bridgehead atoms. The SMILES string of the molecule is Nc1cccc2sc(COc3cccc(F)c3)cc12. The van der Waals surface area contributed by atoms with Gasteiger partial charge in [-0.1, -0.05) is 12.1 Å². The number of rotatable bonds is 3. The fraction of sp³-hybridized carbons (Fsp3) is 0.0667. The van der Waals surface area contributed by atoms with Gasteiger partial charge in [0.2, 0.25) is 0 Å². The summed E-state index contributed by atoms with van der Waals surface area (Å²) in [5.74, 6) is 0.239. The van der Waals surface area contributed by atoms with Crippen LogP contribution in [-0.2, 0) is 6.61 Å². The third kappa shape index (κ3) is 2.53. The molecule has 0 atom stereocenters. The van der Waals surface area contributed by atoms with Gasteiger partial charge in [0, 0.05) is 26.7 Å². The molecule has 3 aromatic rings. The molecule has 0 amide bonds. The van der Waals surface area contributed by atoms with E-state index in [0.29, 0.717) is 12.4 Å². The number of nitrogens with two attached hydrogens (primary N) is 1. The molecule has 2 N–H and O–H groups in total. The number of thiophene rings is 1. The van der Waals surface area contributed by atoms with Crippen LogP contribution in [0.2, 0.25) is 0 Å². The van der Waals surface area contributed by atoms with Crippen molar-refractivity contribution in [1.82, 2.24) is 0 Å². The van der Waals surface area contributed by atoms with Crippen molar-refractivity contribution in [1.29, 1.82) is 0 Å². The Morgan fingerprint density at radius 2 is 1.95 bits per heavy atom. The first kappa shape index (κ1) is 12.0. The summed E-state index contributed by atoms with van der Waals surface area (Å²) in [6, 6.07) is 14.0. The highest BCUT2D eigenvalue weighted by molar-refractivity contribution is 7.19. The van der Waals surface area contributed by atoms with Crippen LogP contribution in [0.5, 0.6) is 5.75 Å². The number of anilines is 1. The van der Waals surface area contributed by atoms with Crippen molar-refractivity contribution in [2.24, 2.45) is 0 Å². The first-order valence-electron chi connectivity index (χ1n) is 5.87. The molecule has 0 radical (unpaired) electrons. The second-order valence-electron chi connectivity index (χ2n) is 4.22. The van der Waals surface area contributed by atoms with Crippen molar-refractivity contribution in [2.45, 2.75) is 6.61 Å². The fourth-order valence-electron chi connectivity index (χ4n) is 1.92. The molecule has 1 heterocycles. The molecule has 0 spiro atoms. The Balaban J connectivity index is 1.80. The molecule has 0 fully saturated rings. The van der Waals surface area contributed by atoms with Gasteiger partial charge < -0.3 is 10.5 Å². The predicted molar refractivity (Wildman–Crippen MR) is 77.0 cm³/mol. The molecule has 0 saturated heterocycles. The van der Waals surface area contributed by atoms with Crippen LogP contribution in [0.3, 0.4) is 0 Å². The lowest BCUT2D eigenvalue weighted by Crippen LogP contribution is -1.92. The summed E-state index contributed by atoms with van der Waals surface area (Å²) in [7, 11) is 0. The Morgan fingerprint density at radius 3 is 2.74 bits per heavy atom. The zero-order chi connectivity index (χ0) is 13.2. The lowest BCUT2D eigenvalue weighted by molar-refractivity contribution is 0.308. The van der Waals surface area contributed by atoms with Crippen molar-refractivity contribution in [3.05, 3.63) is 59.2 Å². The fourth-order valence-corrected chi connectivity index (χ4v) is 2.93. The van der Waals surface area contributed by atoms with Gasteiger partial charge >= 0.3 is 0 Å². The monoisotopic (exact) mass is 273 g/mol. The molecule has 0 aliphatic heterocycles. The quantitative estimate of drug-likeness (QED) is 0.726. The van der Waals surface area contributed by atoms with E-state index in [1.54, 1.807) is 23.5 Å². The van der Waals surface area contributed by atoms with Crippen molar-refractivity contribution in [3.8, 4) is 5.75 Å². The summed E-state index contributed by atoms with van der Waals surface area (Å²) < 4.78 is 19.7. The summed E-state index contributed by atoms with van der Waals surface area (Å²) >= 11 is 1.64. The molecule has 3 rings (SSSR count). The number of fused-ring (bicyclic) bond motifs is 1. The van der Waals surface area contributed by atoms with Crippen LogP contribution in [0.25, 0.3) is 10.1 Å². The average Bonchev–Trinajstić information content (AvgIpc) is 2.81. The van der Waals surface area contributed by atoms with E-state index in [1.165, 1.54) is 12.1 Å². The second-order valence-corrected chi connectivity index (χ2v) is 5.39. The zero-order valence-electron chi connectivity index (χ0n) is 10.1. The van der Waals surface area contributed by atoms with Crippen molar-refractivity contribution in [3.63, 3.8) is 0 Å². The van der Waals surface area contributed by atoms with Gasteiger partial charge in [0.05, 0.1) is 0 Å². The lowest BCUT2D eigenvalue weighted by Gasteiger charge is -2.03. The van der Waals surface area contributed by atoms with Gasteiger partial charge in [-0.15, -0.1) is 11.3 Å². The molecule has 1 aromatic heterocycles. The molecule has 4 heteroatoms. The Labute approximate surface area is 114 Å². The smallest absolute Gasteiger partial charge is 0.126 e. The van der Waals surface area contributed by atoms with Crippen LogP contribution in [0.15, 0.2) is 48.5 Å². The van der Waals surface area contributed by atoms with Crippen LogP contribution >= 0.6 is 11.3 Å². The van der Waals surface area contributed by atoms with Crippen molar-refractivity contribution in [2.75, 3.05) is 5.73 Å². The lowest BCUT2D eigenvalue weighted by atomic mass is 10.2. The van der Waals surface area contributed by atoms with Crippen LogP contribution in [0, 0.1) is 5.82 Å². The van der Waals surface area contributed by atoms with Gasteiger partial charge in [-0.3, -0.25) is 0 Å². The maximum atomic E-state index is 13.0. The molecular formula is C15H12FNOS. The average molecular weight is 273 g/mol. The number of ether oxygens (including phenoxy) is 1. The maximum Gasteiger partial charge on any atom is 0.126 e. The van der Waals surface area contributed by atoms with E-state index in [4.69, 9.17) is 10.5 Å². The van der Waals surface area contributed by atoms with Gasteiger partial charge in [-0.05, 0) is 30.3 Å². The van der Waals surface area contributed by atoms with E-state index in [0.717, 1.165) is 20.7 Å². The highest BCUT2D eigenvalue weighted by Crippen LogP contribution is 2.30. The third-order valence-corrected chi connectivity index (χ3v) is 3.90. The topological polar surface area (TPSA) is 35.2 Å². The predicted octanol–water partition coefficient (Wildman–Crippen LogP) is 4.20. The minimum atomic E-state index is -0.293. The van der Waals surface area contributed by atoms with Crippen LogP contribution < -0.4 is 10.5 Å². The van der Waals surface area contributed by atoms with Gasteiger partial charge in [0.15, 0.2) is 0 Å². The third-order valence-electron chi connectivity index (χ3n) is 2.82. The molecule has 2 aromatic carbocycles.